The van der Waals surface area contributed by atoms with Crippen LogP contribution in [0.15, 0.2) is 17.8 Å². The summed E-state index contributed by atoms with van der Waals surface area (Å²) in [5.41, 5.74) is 1.36. The van der Waals surface area contributed by atoms with Gasteiger partial charge in [0.25, 0.3) is 0 Å². The summed E-state index contributed by atoms with van der Waals surface area (Å²) in [7, 11) is 0. The molecule has 0 saturated carbocycles. The van der Waals surface area contributed by atoms with Crippen LogP contribution < -0.4 is 5.32 Å². The van der Waals surface area contributed by atoms with Crippen molar-refractivity contribution in [3.8, 4) is 0 Å². The van der Waals surface area contributed by atoms with Crippen molar-refractivity contribution in [3.63, 3.8) is 0 Å². The van der Waals surface area contributed by atoms with Crippen LogP contribution in [-0.2, 0) is 6.54 Å². The van der Waals surface area contributed by atoms with Gasteiger partial charge < -0.3 is 5.32 Å². The number of thiazole rings is 1. The lowest BCUT2D eigenvalue weighted by molar-refractivity contribution is 0.230. The maximum atomic E-state index is 4.28. The molecule has 1 fully saturated rings. The van der Waals surface area contributed by atoms with Gasteiger partial charge >= 0.3 is 0 Å². The van der Waals surface area contributed by atoms with E-state index in [1.807, 2.05) is 12.4 Å². The number of aromatic nitrogens is 2. The quantitative estimate of drug-likeness (QED) is 0.816. The molecule has 0 atom stereocenters. The second-order valence-corrected chi connectivity index (χ2v) is 4.67. The zero-order valence-electron chi connectivity index (χ0n) is 8.52. The van der Waals surface area contributed by atoms with E-state index >= 15 is 0 Å². The average molecular weight is 222 g/mol. The third kappa shape index (κ3) is 1.78. The molecule has 5 heteroatoms. The van der Waals surface area contributed by atoms with Crippen LogP contribution in [0.25, 0.3) is 4.96 Å². The van der Waals surface area contributed by atoms with Crippen molar-refractivity contribution in [2.45, 2.75) is 6.54 Å². The highest BCUT2D eigenvalue weighted by molar-refractivity contribution is 7.15. The molecule has 0 bridgehead atoms. The molecule has 0 aliphatic carbocycles. The maximum absolute atomic E-state index is 4.28. The lowest BCUT2D eigenvalue weighted by Gasteiger charge is -2.26. The molecule has 1 N–H and O–H groups in total. The monoisotopic (exact) mass is 222 g/mol. The number of rotatable bonds is 2. The molecule has 0 spiro atoms. The predicted octanol–water partition coefficient (Wildman–Crippen LogP) is 0.801. The van der Waals surface area contributed by atoms with E-state index < -0.39 is 0 Å². The molecule has 2 aromatic rings. The van der Waals surface area contributed by atoms with Crippen LogP contribution in [0.3, 0.4) is 0 Å². The van der Waals surface area contributed by atoms with E-state index in [4.69, 9.17) is 0 Å². The first-order chi connectivity index (χ1) is 7.43. The molecule has 2 aromatic heterocycles. The summed E-state index contributed by atoms with van der Waals surface area (Å²) in [6.07, 6.45) is 3.91. The fraction of sp³-hybridized carbons (Fsp3) is 0.500. The lowest BCUT2D eigenvalue weighted by Crippen LogP contribution is -2.43. The van der Waals surface area contributed by atoms with Gasteiger partial charge in [0.2, 0.25) is 0 Å². The van der Waals surface area contributed by atoms with Gasteiger partial charge in [-0.15, -0.1) is 11.3 Å². The molecule has 1 aliphatic heterocycles. The number of imidazole rings is 1. The highest BCUT2D eigenvalue weighted by Crippen LogP contribution is 2.16. The Kier molecular flexibility index (Phi) is 2.44. The first-order valence-electron chi connectivity index (χ1n) is 5.26. The zero-order valence-corrected chi connectivity index (χ0v) is 9.33. The number of hydrogen-bond donors (Lipinski definition) is 1. The number of nitrogens with one attached hydrogen (secondary N) is 1. The fourth-order valence-electron chi connectivity index (χ4n) is 1.98. The molecular weight excluding hydrogens is 208 g/mol. The van der Waals surface area contributed by atoms with Gasteiger partial charge in [-0.1, -0.05) is 0 Å². The number of hydrogen-bond acceptors (Lipinski definition) is 4. The highest BCUT2D eigenvalue weighted by atomic mass is 32.1. The molecule has 4 nitrogen and oxygen atoms in total. The van der Waals surface area contributed by atoms with Gasteiger partial charge in [0, 0.05) is 56.2 Å². The standard InChI is InChI=1S/C10H14N4S/c1-4-13(5-2-11-1)7-9-8-15-10-12-3-6-14(9)10/h3,6,8,11H,1-2,4-5,7H2. The molecule has 3 heterocycles. The Morgan fingerprint density at radius 1 is 1.40 bits per heavy atom. The molecule has 1 aliphatic rings. The largest absolute Gasteiger partial charge is 0.314 e. The van der Waals surface area contributed by atoms with E-state index in [1.165, 1.54) is 5.69 Å². The molecule has 0 aromatic carbocycles. The number of nitrogens with zero attached hydrogens (tertiary/aromatic N) is 3. The Morgan fingerprint density at radius 2 is 2.27 bits per heavy atom. The van der Waals surface area contributed by atoms with Crippen molar-refractivity contribution < 1.29 is 0 Å². The Morgan fingerprint density at radius 3 is 3.13 bits per heavy atom. The highest BCUT2D eigenvalue weighted by Gasteiger charge is 2.12. The summed E-state index contributed by atoms with van der Waals surface area (Å²) in [6.45, 7) is 5.55. The van der Waals surface area contributed by atoms with E-state index in [9.17, 15) is 0 Å². The Bertz CT molecular complexity index is 441. The molecule has 1 saturated heterocycles. The van der Waals surface area contributed by atoms with Crippen LogP contribution in [-0.4, -0.2) is 40.5 Å². The predicted molar refractivity (Wildman–Crippen MR) is 61.2 cm³/mol. The minimum Gasteiger partial charge on any atom is -0.314 e. The van der Waals surface area contributed by atoms with Gasteiger partial charge in [-0.25, -0.2) is 4.98 Å². The lowest BCUT2D eigenvalue weighted by atomic mass is 10.3. The van der Waals surface area contributed by atoms with Gasteiger partial charge in [0.15, 0.2) is 4.96 Å². The van der Waals surface area contributed by atoms with Crippen molar-refractivity contribution in [3.05, 3.63) is 23.5 Å². The van der Waals surface area contributed by atoms with E-state index in [-0.39, 0.29) is 0 Å². The minimum atomic E-state index is 1.04. The molecule has 80 valence electrons. The average Bonchev–Trinajstić information content (AvgIpc) is 2.85. The fourth-order valence-corrected chi connectivity index (χ4v) is 2.83. The zero-order chi connectivity index (χ0) is 10.1. The van der Waals surface area contributed by atoms with Crippen molar-refractivity contribution in [2.75, 3.05) is 26.2 Å². The summed E-state index contributed by atoms with van der Waals surface area (Å²) >= 11 is 1.72. The van der Waals surface area contributed by atoms with Crippen LogP contribution in [0.4, 0.5) is 0 Å². The number of piperazine rings is 1. The second kappa shape index (κ2) is 3.92. The second-order valence-electron chi connectivity index (χ2n) is 3.83. The Labute approximate surface area is 92.5 Å². The topological polar surface area (TPSA) is 32.6 Å². The summed E-state index contributed by atoms with van der Waals surface area (Å²) < 4.78 is 2.19. The molecular formula is C10H14N4S. The van der Waals surface area contributed by atoms with E-state index in [1.54, 1.807) is 11.3 Å². The Hall–Kier alpha value is -0.910. The summed E-state index contributed by atoms with van der Waals surface area (Å²) in [5.74, 6) is 0. The van der Waals surface area contributed by atoms with Crippen LogP contribution in [0, 0.1) is 0 Å². The van der Waals surface area contributed by atoms with Gasteiger partial charge in [-0.05, 0) is 0 Å². The van der Waals surface area contributed by atoms with E-state index in [0.717, 1.165) is 37.7 Å². The maximum Gasteiger partial charge on any atom is 0.193 e. The van der Waals surface area contributed by atoms with Gasteiger partial charge in [-0.2, -0.15) is 0 Å². The third-order valence-corrected chi connectivity index (χ3v) is 3.71. The summed E-state index contributed by atoms with van der Waals surface area (Å²) in [5, 5.41) is 5.58. The molecule has 0 unspecified atom stereocenters. The van der Waals surface area contributed by atoms with Crippen molar-refractivity contribution >= 4 is 16.3 Å². The smallest absolute Gasteiger partial charge is 0.193 e. The normalized spacial score (nSPS) is 18.7. The number of fused-ring (bicyclic) bond motifs is 1. The van der Waals surface area contributed by atoms with Gasteiger partial charge in [0.05, 0.1) is 0 Å². The van der Waals surface area contributed by atoms with Gasteiger partial charge in [0.1, 0.15) is 0 Å². The van der Waals surface area contributed by atoms with Crippen LogP contribution >= 0.6 is 11.3 Å². The SMILES string of the molecule is c1cn2c(CN3CCNCC3)csc2n1. The Balaban J connectivity index is 1.79. The van der Waals surface area contributed by atoms with Gasteiger partial charge in [-0.3, -0.25) is 9.30 Å². The summed E-state index contributed by atoms with van der Waals surface area (Å²) in [4.78, 5) is 7.86. The molecule has 15 heavy (non-hydrogen) atoms. The van der Waals surface area contributed by atoms with Crippen LogP contribution in [0.5, 0.6) is 0 Å². The minimum absolute atomic E-state index is 1.04. The van der Waals surface area contributed by atoms with E-state index in [2.05, 4.69) is 25.0 Å². The molecule has 0 radical (unpaired) electrons. The van der Waals surface area contributed by atoms with E-state index in [0.29, 0.717) is 0 Å². The van der Waals surface area contributed by atoms with Crippen molar-refractivity contribution in [2.24, 2.45) is 0 Å². The summed E-state index contributed by atoms with van der Waals surface area (Å²) in [6, 6.07) is 0. The van der Waals surface area contributed by atoms with Crippen molar-refractivity contribution in [1.82, 2.24) is 19.6 Å². The first-order valence-corrected chi connectivity index (χ1v) is 6.14. The third-order valence-electron chi connectivity index (χ3n) is 2.81. The van der Waals surface area contributed by atoms with Crippen LogP contribution in [0.2, 0.25) is 0 Å². The van der Waals surface area contributed by atoms with Crippen molar-refractivity contribution in [1.29, 1.82) is 0 Å². The molecule has 3 rings (SSSR count). The van der Waals surface area contributed by atoms with Crippen LogP contribution in [0.1, 0.15) is 5.69 Å². The molecule has 0 amide bonds. The first kappa shape index (κ1) is 9.33.